The maximum absolute atomic E-state index is 13.2. The lowest BCUT2D eigenvalue weighted by Gasteiger charge is -2.29. The summed E-state index contributed by atoms with van der Waals surface area (Å²) in [5.41, 5.74) is 3.47. The molecule has 2 saturated heterocycles. The molecule has 5 aliphatic rings. The van der Waals surface area contributed by atoms with Crippen LogP contribution in [-0.4, -0.2) is 79.4 Å². The number of aliphatic imine (C=N–C) groups is 1. The largest absolute Gasteiger partial charge is 0.416 e. The smallest absolute Gasteiger partial charge is 0.380 e. The fourth-order valence-electron chi connectivity index (χ4n) is 6.67. The molecule has 0 saturated carbocycles. The number of hydrogen-bond acceptors (Lipinski definition) is 6. The van der Waals surface area contributed by atoms with Crippen LogP contribution in [0.4, 0.5) is 13.2 Å². The van der Waals surface area contributed by atoms with E-state index in [1.54, 1.807) is 6.07 Å². The molecule has 0 amide bonds. The third-order valence-electron chi connectivity index (χ3n) is 8.65. The zero-order valence-corrected chi connectivity index (χ0v) is 21.0. The van der Waals surface area contributed by atoms with Crippen LogP contribution in [0.2, 0.25) is 0 Å². The van der Waals surface area contributed by atoms with Gasteiger partial charge in [-0.15, -0.1) is 0 Å². The topological polar surface area (TPSA) is 54.4 Å². The molecule has 2 fully saturated rings. The molecule has 6 rings (SSSR count). The Labute approximate surface area is 215 Å². The Morgan fingerprint density at radius 2 is 2.05 bits per heavy atom. The molecule has 1 aliphatic carbocycles. The molecule has 1 aromatic rings. The molecule has 0 radical (unpaired) electrons. The predicted octanol–water partition coefficient (Wildman–Crippen LogP) is 4.02. The van der Waals surface area contributed by atoms with E-state index in [0.29, 0.717) is 37.5 Å². The van der Waals surface area contributed by atoms with Crippen molar-refractivity contribution in [1.82, 2.24) is 9.80 Å². The molecule has 0 spiro atoms. The lowest BCUT2D eigenvalue weighted by molar-refractivity contribution is -0.137. The minimum atomic E-state index is -4.36. The molecule has 4 atom stereocenters. The summed E-state index contributed by atoms with van der Waals surface area (Å²) in [7, 11) is 0. The van der Waals surface area contributed by atoms with E-state index in [0.717, 1.165) is 63.6 Å². The third-order valence-corrected chi connectivity index (χ3v) is 8.65. The van der Waals surface area contributed by atoms with E-state index in [-0.39, 0.29) is 30.5 Å². The van der Waals surface area contributed by atoms with Crippen LogP contribution in [0, 0.1) is 5.92 Å². The number of likely N-dealkylation sites (tertiary alicyclic amines) is 1. The van der Waals surface area contributed by atoms with Gasteiger partial charge in [-0.25, -0.2) is 0 Å². The maximum Gasteiger partial charge on any atom is 0.416 e. The first-order valence-corrected chi connectivity index (χ1v) is 13.5. The van der Waals surface area contributed by atoms with E-state index in [1.807, 2.05) is 11.1 Å². The molecular formula is C28H34F3N3O3. The first-order valence-electron chi connectivity index (χ1n) is 13.5. The zero-order chi connectivity index (χ0) is 25.6. The lowest BCUT2D eigenvalue weighted by atomic mass is 9.95. The van der Waals surface area contributed by atoms with Crippen molar-refractivity contribution in [3.8, 4) is 0 Å². The Morgan fingerprint density at radius 3 is 2.86 bits per heavy atom. The van der Waals surface area contributed by atoms with Crippen molar-refractivity contribution in [3.05, 3.63) is 46.2 Å². The first kappa shape index (κ1) is 25.2. The molecule has 1 aromatic carbocycles. The predicted molar refractivity (Wildman–Crippen MR) is 132 cm³/mol. The van der Waals surface area contributed by atoms with Crippen molar-refractivity contribution in [2.24, 2.45) is 10.9 Å². The Kier molecular flexibility index (Phi) is 6.98. The van der Waals surface area contributed by atoms with Crippen molar-refractivity contribution in [1.29, 1.82) is 0 Å². The van der Waals surface area contributed by atoms with E-state index < -0.39 is 11.7 Å². The van der Waals surface area contributed by atoms with E-state index >= 15 is 0 Å². The van der Waals surface area contributed by atoms with Gasteiger partial charge >= 0.3 is 6.18 Å². The number of benzene rings is 1. The summed E-state index contributed by atoms with van der Waals surface area (Å²) in [6, 6.07) is 4.35. The number of halogens is 3. The minimum Gasteiger partial charge on any atom is -0.380 e. The Balaban J connectivity index is 1.09. The second-order valence-corrected chi connectivity index (χ2v) is 11.1. The van der Waals surface area contributed by atoms with E-state index in [2.05, 4.69) is 9.89 Å². The molecule has 37 heavy (non-hydrogen) atoms. The molecule has 4 aliphatic heterocycles. The SMILES string of the molecule is O=C(CC1CN(C2CCOC2)C[C@@H]1OC1CCC2=C1CC=N2)CN1CCc2ccc(C(F)(F)F)cc2C1. The van der Waals surface area contributed by atoms with Gasteiger partial charge in [-0.05, 0) is 54.5 Å². The number of fused-ring (bicyclic) bond motifs is 1. The number of ketones is 1. The summed E-state index contributed by atoms with van der Waals surface area (Å²) in [6.07, 6.45) is 2.55. The number of carbonyl (C=O) groups is 1. The minimum absolute atomic E-state index is 0.0153. The molecule has 0 N–H and O–H groups in total. The Morgan fingerprint density at radius 1 is 1.16 bits per heavy atom. The molecular weight excluding hydrogens is 483 g/mol. The fourth-order valence-corrected chi connectivity index (χ4v) is 6.67. The monoisotopic (exact) mass is 517 g/mol. The van der Waals surface area contributed by atoms with Crippen LogP contribution < -0.4 is 0 Å². The van der Waals surface area contributed by atoms with Gasteiger partial charge in [0.05, 0.1) is 30.9 Å². The van der Waals surface area contributed by atoms with E-state index in [9.17, 15) is 18.0 Å². The number of ether oxygens (including phenoxy) is 2. The van der Waals surface area contributed by atoms with Crippen molar-refractivity contribution < 1.29 is 27.4 Å². The van der Waals surface area contributed by atoms with Gasteiger partial charge in [-0.2, -0.15) is 13.2 Å². The maximum atomic E-state index is 13.2. The van der Waals surface area contributed by atoms with Gasteiger partial charge in [-0.1, -0.05) is 6.07 Å². The van der Waals surface area contributed by atoms with Gasteiger partial charge in [0.15, 0.2) is 0 Å². The Hall–Kier alpha value is -2.07. The molecule has 0 bridgehead atoms. The number of allylic oxidation sites excluding steroid dienone is 1. The van der Waals surface area contributed by atoms with Gasteiger partial charge in [0.25, 0.3) is 0 Å². The first-order chi connectivity index (χ1) is 17.8. The number of rotatable bonds is 7. The zero-order valence-electron chi connectivity index (χ0n) is 21.0. The van der Waals surface area contributed by atoms with E-state index in [1.165, 1.54) is 17.3 Å². The summed E-state index contributed by atoms with van der Waals surface area (Å²) in [5, 5.41) is 0. The summed E-state index contributed by atoms with van der Waals surface area (Å²) >= 11 is 0. The molecule has 9 heteroatoms. The van der Waals surface area contributed by atoms with Crippen molar-refractivity contribution in [2.75, 3.05) is 39.4 Å². The van der Waals surface area contributed by atoms with Crippen LogP contribution in [0.5, 0.6) is 0 Å². The number of alkyl halides is 3. The Bertz CT molecular complexity index is 1100. The van der Waals surface area contributed by atoms with Crippen LogP contribution in [0.25, 0.3) is 0 Å². The van der Waals surface area contributed by atoms with Crippen LogP contribution in [0.1, 0.15) is 48.8 Å². The van der Waals surface area contributed by atoms with Gasteiger partial charge in [-0.3, -0.25) is 19.6 Å². The van der Waals surface area contributed by atoms with Crippen LogP contribution in [0.15, 0.2) is 34.5 Å². The normalized spacial score (nSPS) is 30.4. The van der Waals surface area contributed by atoms with E-state index in [4.69, 9.17) is 9.47 Å². The average molecular weight is 518 g/mol. The summed E-state index contributed by atoms with van der Waals surface area (Å²) in [5.74, 6) is 0.239. The van der Waals surface area contributed by atoms with Gasteiger partial charge < -0.3 is 9.47 Å². The van der Waals surface area contributed by atoms with Gasteiger partial charge in [0, 0.05) is 69.5 Å². The molecule has 6 nitrogen and oxygen atoms in total. The van der Waals surface area contributed by atoms with Crippen LogP contribution in [0.3, 0.4) is 0 Å². The van der Waals surface area contributed by atoms with Crippen molar-refractivity contribution in [3.63, 3.8) is 0 Å². The van der Waals surface area contributed by atoms with Crippen molar-refractivity contribution >= 4 is 12.0 Å². The number of carbonyl (C=O) groups excluding carboxylic acids is 1. The molecule has 3 unspecified atom stereocenters. The quantitative estimate of drug-likeness (QED) is 0.547. The highest BCUT2D eigenvalue weighted by molar-refractivity contribution is 5.81. The molecule has 200 valence electrons. The number of hydrogen-bond donors (Lipinski definition) is 0. The second kappa shape index (κ2) is 10.2. The van der Waals surface area contributed by atoms with Crippen molar-refractivity contribution in [2.45, 2.75) is 69.5 Å². The lowest BCUT2D eigenvalue weighted by Crippen LogP contribution is -2.37. The fraction of sp³-hybridized carbons (Fsp3) is 0.643. The highest BCUT2D eigenvalue weighted by Gasteiger charge is 2.41. The average Bonchev–Trinajstić information content (AvgIpc) is 3.65. The van der Waals surface area contributed by atoms with Crippen LogP contribution in [-0.2, 0) is 33.4 Å². The highest BCUT2D eigenvalue weighted by Crippen LogP contribution is 2.38. The molecule has 0 aromatic heterocycles. The highest BCUT2D eigenvalue weighted by atomic mass is 19.4. The van der Waals surface area contributed by atoms with Gasteiger partial charge in [0.1, 0.15) is 5.78 Å². The summed E-state index contributed by atoms with van der Waals surface area (Å²) in [6.45, 7) is 4.45. The summed E-state index contributed by atoms with van der Waals surface area (Å²) in [4.78, 5) is 22.2. The molecule has 4 heterocycles. The third kappa shape index (κ3) is 5.41. The van der Waals surface area contributed by atoms with Crippen LogP contribution >= 0.6 is 0 Å². The number of Topliss-reactive ketones (excluding diaryl/α,β-unsaturated/α-hetero) is 1. The van der Waals surface area contributed by atoms with Gasteiger partial charge in [0.2, 0.25) is 0 Å². The second-order valence-electron chi connectivity index (χ2n) is 11.1. The standard InChI is InChI=1S/C28H34F3N3O3/c29-28(30,31)21-2-1-18-6-9-33(13-19(18)11-21)15-23(35)12-20-14-34(22-7-10-36-17-22)16-27(20)37-26-4-3-25-24(26)5-8-32-25/h1-2,8,11,20,22,26-27H,3-7,9-10,12-17H2/t20?,22?,26?,27-/m0/s1. The number of nitrogens with zero attached hydrogens (tertiary/aromatic N) is 3. The summed E-state index contributed by atoms with van der Waals surface area (Å²) < 4.78 is 51.9.